The minimum absolute atomic E-state index is 0.0754. The highest BCUT2D eigenvalue weighted by Gasteiger charge is 2.25. The van der Waals surface area contributed by atoms with E-state index in [4.69, 9.17) is 10.5 Å². The predicted molar refractivity (Wildman–Crippen MR) is 73.8 cm³/mol. The molecule has 1 amide bonds. The molecule has 0 saturated carbocycles. The molecule has 0 aromatic heterocycles. The maximum Gasteiger partial charge on any atom is 0.231 e. The summed E-state index contributed by atoms with van der Waals surface area (Å²) in [6, 6.07) is 5.60. The molecule has 0 unspecified atom stereocenters. The first-order valence-corrected chi connectivity index (χ1v) is 6.15. The van der Waals surface area contributed by atoms with Crippen molar-refractivity contribution in [3.8, 4) is 5.75 Å². The average molecular weight is 250 g/mol. The molecule has 0 bridgehead atoms. The van der Waals surface area contributed by atoms with Gasteiger partial charge in [-0.05, 0) is 51.5 Å². The van der Waals surface area contributed by atoms with Crippen LogP contribution in [-0.2, 0) is 4.79 Å². The van der Waals surface area contributed by atoms with Gasteiger partial charge < -0.3 is 15.8 Å². The van der Waals surface area contributed by atoms with E-state index in [9.17, 15) is 4.79 Å². The number of aryl methyl sites for hydroxylation is 1. The predicted octanol–water partition coefficient (Wildman–Crippen LogP) is 2.32. The summed E-state index contributed by atoms with van der Waals surface area (Å²) in [5.74, 6) is 0.766. The van der Waals surface area contributed by atoms with E-state index in [1.807, 2.05) is 45.9 Å². The lowest BCUT2D eigenvalue weighted by Crippen LogP contribution is -2.37. The molecule has 0 fully saturated rings. The lowest BCUT2D eigenvalue weighted by Gasteiger charge is -2.21. The number of hydrogen-bond acceptors (Lipinski definition) is 3. The number of carbonyl (C=O) groups excluding carboxylic acids is 1. The number of nitrogens with two attached hydrogens (primary N) is 1. The third-order valence-electron chi connectivity index (χ3n) is 2.86. The van der Waals surface area contributed by atoms with Crippen LogP contribution in [0.5, 0.6) is 5.75 Å². The van der Waals surface area contributed by atoms with E-state index in [0.29, 0.717) is 13.2 Å². The number of anilines is 1. The Hall–Kier alpha value is -1.55. The molecule has 0 aliphatic rings. The molecule has 1 aromatic rings. The van der Waals surface area contributed by atoms with Gasteiger partial charge in [0.05, 0.1) is 12.0 Å². The molecule has 100 valence electrons. The van der Waals surface area contributed by atoms with E-state index < -0.39 is 5.41 Å². The Kier molecular flexibility index (Phi) is 4.73. The number of hydrogen-bond donors (Lipinski definition) is 2. The summed E-state index contributed by atoms with van der Waals surface area (Å²) in [6.07, 6.45) is 0. The zero-order valence-electron chi connectivity index (χ0n) is 11.5. The Labute approximate surface area is 109 Å². The second kappa shape index (κ2) is 5.87. The smallest absolute Gasteiger partial charge is 0.231 e. The molecular weight excluding hydrogens is 228 g/mol. The monoisotopic (exact) mass is 250 g/mol. The van der Waals surface area contributed by atoms with Gasteiger partial charge >= 0.3 is 0 Å². The Balaban J connectivity index is 2.81. The molecule has 0 saturated heterocycles. The Bertz CT molecular complexity index is 428. The van der Waals surface area contributed by atoms with Crippen LogP contribution in [-0.4, -0.2) is 19.1 Å². The van der Waals surface area contributed by atoms with Crippen LogP contribution in [0.15, 0.2) is 18.2 Å². The topological polar surface area (TPSA) is 64.3 Å². The summed E-state index contributed by atoms with van der Waals surface area (Å²) in [5, 5.41) is 2.87. The minimum atomic E-state index is -0.563. The van der Waals surface area contributed by atoms with Crippen LogP contribution in [0.2, 0.25) is 0 Å². The first kappa shape index (κ1) is 14.5. The van der Waals surface area contributed by atoms with Gasteiger partial charge in [0.25, 0.3) is 0 Å². The third-order valence-corrected chi connectivity index (χ3v) is 2.86. The highest BCUT2D eigenvalue weighted by Crippen LogP contribution is 2.23. The molecular formula is C14H22N2O2. The fraction of sp³-hybridized carbons (Fsp3) is 0.500. The number of nitrogens with one attached hydrogen (secondary N) is 1. The number of ether oxygens (including phenoxy) is 1. The maximum atomic E-state index is 12.0. The van der Waals surface area contributed by atoms with Crippen LogP contribution in [0.1, 0.15) is 26.3 Å². The van der Waals surface area contributed by atoms with Crippen LogP contribution in [0.25, 0.3) is 0 Å². The number of carbonyl (C=O) groups is 1. The van der Waals surface area contributed by atoms with Gasteiger partial charge in [0, 0.05) is 12.2 Å². The number of rotatable bonds is 5. The average Bonchev–Trinajstić information content (AvgIpc) is 2.32. The van der Waals surface area contributed by atoms with Crippen molar-refractivity contribution < 1.29 is 9.53 Å². The Morgan fingerprint density at radius 2 is 2.11 bits per heavy atom. The SMILES string of the molecule is CCOc1ccc(NC(=O)C(C)(C)CN)cc1C. The lowest BCUT2D eigenvalue weighted by atomic mass is 9.92. The highest BCUT2D eigenvalue weighted by molar-refractivity contribution is 5.95. The van der Waals surface area contributed by atoms with Crippen molar-refractivity contribution in [1.29, 1.82) is 0 Å². The van der Waals surface area contributed by atoms with Gasteiger partial charge in [-0.3, -0.25) is 4.79 Å². The molecule has 1 aromatic carbocycles. The van der Waals surface area contributed by atoms with Gasteiger partial charge in [0.1, 0.15) is 5.75 Å². The standard InChI is InChI=1S/C14H22N2O2/c1-5-18-12-7-6-11(8-10(12)2)16-13(17)14(3,4)9-15/h6-8H,5,9,15H2,1-4H3,(H,16,17). The molecule has 0 spiro atoms. The van der Waals surface area contributed by atoms with E-state index in [-0.39, 0.29) is 5.91 Å². The zero-order chi connectivity index (χ0) is 13.8. The van der Waals surface area contributed by atoms with E-state index in [1.165, 1.54) is 0 Å². The van der Waals surface area contributed by atoms with E-state index in [1.54, 1.807) is 0 Å². The van der Waals surface area contributed by atoms with Gasteiger partial charge in [0.15, 0.2) is 0 Å². The number of benzene rings is 1. The maximum absolute atomic E-state index is 12.0. The fourth-order valence-corrected chi connectivity index (χ4v) is 1.44. The molecule has 4 heteroatoms. The van der Waals surface area contributed by atoms with Crippen molar-refractivity contribution in [1.82, 2.24) is 0 Å². The van der Waals surface area contributed by atoms with Crippen molar-refractivity contribution >= 4 is 11.6 Å². The highest BCUT2D eigenvalue weighted by atomic mass is 16.5. The quantitative estimate of drug-likeness (QED) is 0.843. The van der Waals surface area contributed by atoms with Crippen molar-refractivity contribution in [2.24, 2.45) is 11.1 Å². The van der Waals surface area contributed by atoms with Gasteiger partial charge in [-0.2, -0.15) is 0 Å². The molecule has 0 aliphatic carbocycles. The first-order chi connectivity index (χ1) is 8.40. The van der Waals surface area contributed by atoms with Crippen LogP contribution >= 0.6 is 0 Å². The van der Waals surface area contributed by atoms with Gasteiger partial charge in [-0.25, -0.2) is 0 Å². The minimum Gasteiger partial charge on any atom is -0.494 e. The Morgan fingerprint density at radius 3 is 2.61 bits per heavy atom. The van der Waals surface area contributed by atoms with Crippen LogP contribution in [0.4, 0.5) is 5.69 Å². The molecule has 0 aliphatic heterocycles. The summed E-state index contributed by atoms with van der Waals surface area (Å²) >= 11 is 0. The molecule has 3 N–H and O–H groups in total. The second-order valence-corrected chi connectivity index (χ2v) is 4.96. The largest absolute Gasteiger partial charge is 0.494 e. The van der Waals surface area contributed by atoms with Crippen LogP contribution < -0.4 is 15.8 Å². The van der Waals surface area contributed by atoms with Gasteiger partial charge in [-0.1, -0.05) is 0 Å². The van der Waals surface area contributed by atoms with E-state index in [0.717, 1.165) is 17.0 Å². The van der Waals surface area contributed by atoms with Crippen LogP contribution in [0.3, 0.4) is 0 Å². The normalized spacial score (nSPS) is 11.2. The summed E-state index contributed by atoms with van der Waals surface area (Å²) in [5.41, 5.74) is 6.78. The molecule has 18 heavy (non-hydrogen) atoms. The Morgan fingerprint density at radius 1 is 1.44 bits per heavy atom. The van der Waals surface area contributed by atoms with Crippen LogP contribution in [0, 0.1) is 12.3 Å². The zero-order valence-corrected chi connectivity index (χ0v) is 11.5. The molecule has 4 nitrogen and oxygen atoms in total. The lowest BCUT2D eigenvalue weighted by molar-refractivity contribution is -0.123. The van der Waals surface area contributed by atoms with E-state index >= 15 is 0 Å². The van der Waals surface area contributed by atoms with Crippen molar-refractivity contribution in [3.63, 3.8) is 0 Å². The molecule has 0 radical (unpaired) electrons. The van der Waals surface area contributed by atoms with E-state index in [2.05, 4.69) is 5.32 Å². The second-order valence-electron chi connectivity index (χ2n) is 4.96. The molecule has 1 rings (SSSR count). The fourth-order valence-electron chi connectivity index (χ4n) is 1.44. The number of amides is 1. The van der Waals surface area contributed by atoms with Gasteiger partial charge in [0.2, 0.25) is 5.91 Å². The summed E-state index contributed by atoms with van der Waals surface area (Å²) in [6.45, 7) is 8.49. The molecule has 0 heterocycles. The summed E-state index contributed by atoms with van der Waals surface area (Å²) < 4.78 is 5.45. The summed E-state index contributed by atoms with van der Waals surface area (Å²) in [7, 11) is 0. The first-order valence-electron chi connectivity index (χ1n) is 6.15. The van der Waals surface area contributed by atoms with Crippen molar-refractivity contribution in [3.05, 3.63) is 23.8 Å². The third kappa shape index (κ3) is 3.47. The van der Waals surface area contributed by atoms with Gasteiger partial charge in [-0.15, -0.1) is 0 Å². The van der Waals surface area contributed by atoms with Crippen molar-refractivity contribution in [2.45, 2.75) is 27.7 Å². The summed E-state index contributed by atoms with van der Waals surface area (Å²) in [4.78, 5) is 12.0. The van der Waals surface area contributed by atoms with Crippen molar-refractivity contribution in [2.75, 3.05) is 18.5 Å². The molecule has 0 atom stereocenters.